The van der Waals surface area contributed by atoms with Crippen LogP contribution in [0.1, 0.15) is 41.0 Å². The molecule has 0 N–H and O–H groups in total. The lowest BCUT2D eigenvalue weighted by molar-refractivity contribution is 0.0577. The van der Waals surface area contributed by atoms with Crippen LogP contribution in [0.3, 0.4) is 0 Å². The topological polar surface area (TPSA) is 45.7 Å². The number of nitrogens with zero attached hydrogens (tertiary/aromatic N) is 3. The van der Waals surface area contributed by atoms with E-state index in [9.17, 15) is 4.79 Å². The molecule has 6 heteroatoms. The Morgan fingerprint density at radius 3 is 2.41 bits per heavy atom. The molecule has 5 nitrogen and oxygen atoms in total. The second kappa shape index (κ2) is 7.98. The monoisotopic (exact) mass is 385 g/mol. The first-order valence-corrected chi connectivity index (χ1v) is 10.6. The van der Waals surface area contributed by atoms with E-state index in [1.54, 1.807) is 7.11 Å². The van der Waals surface area contributed by atoms with E-state index < -0.39 is 0 Å². The summed E-state index contributed by atoms with van der Waals surface area (Å²) in [5, 5.41) is 0.892. The predicted molar refractivity (Wildman–Crippen MR) is 109 cm³/mol. The van der Waals surface area contributed by atoms with Gasteiger partial charge in [0.1, 0.15) is 15.6 Å². The molecule has 1 aliphatic heterocycles. The molecule has 2 fully saturated rings. The van der Waals surface area contributed by atoms with Gasteiger partial charge in [0.2, 0.25) is 0 Å². The van der Waals surface area contributed by atoms with Gasteiger partial charge in [0.05, 0.1) is 12.8 Å². The van der Waals surface area contributed by atoms with E-state index in [1.807, 2.05) is 36.1 Å². The van der Waals surface area contributed by atoms with Crippen LogP contribution in [0.25, 0.3) is 10.6 Å². The summed E-state index contributed by atoms with van der Waals surface area (Å²) in [5.74, 6) is 0.958. The van der Waals surface area contributed by atoms with Crippen molar-refractivity contribution in [2.45, 2.75) is 38.6 Å². The van der Waals surface area contributed by atoms with Crippen LogP contribution in [0, 0.1) is 6.92 Å². The van der Waals surface area contributed by atoms with Crippen LogP contribution >= 0.6 is 11.3 Å². The molecule has 2 heterocycles. The quantitative estimate of drug-likeness (QED) is 0.802. The third-order valence-electron chi connectivity index (χ3n) is 5.77. The lowest BCUT2D eigenvalue weighted by Gasteiger charge is -2.37. The lowest BCUT2D eigenvalue weighted by Crippen LogP contribution is -2.51. The molecule has 144 valence electrons. The number of thiazole rings is 1. The van der Waals surface area contributed by atoms with Gasteiger partial charge in [0.15, 0.2) is 0 Å². The smallest absolute Gasteiger partial charge is 0.265 e. The largest absolute Gasteiger partial charge is 0.497 e. The molecule has 27 heavy (non-hydrogen) atoms. The summed E-state index contributed by atoms with van der Waals surface area (Å²) >= 11 is 1.50. The molecule has 2 aliphatic rings. The fraction of sp³-hybridized carbons (Fsp3) is 0.524. The van der Waals surface area contributed by atoms with Crippen molar-refractivity contribution in [3.8, 4) is 16.3 Å². The molecule has 1 saturated heterocycles. The van der Waals surface area contributed by atoms with Crippen molar-refractivity contribution in [3.05, 3.63) is 34.8 Å². The maximum atomic E-state index is 13.1. The Kier molecular flexibility index (Phi) is 5.45. The zero-order valence-corrected chi connectivity index (χ0v) is 16.9. The number of aryl methyl sites for hydroxylation is 1. The summed E-state index contributed by atoms with van der Waals surface area (Å²) in [6.45, 7) is 5.58. The molecule has 4 rings (SSSR count). The van der Waals surface area contributed by atoms with E-state index >= 15 is 0 Å². The van der Waals surface area contributed by atoms with Crippen molar-refractivity contribution >= 4 is 17.2 Å². The molecule has 1 aromatic carbocycles. The third kappa shape index (κ3) is 3.87. The standard InChI is InChI=1S/C21H27N3O2S/c1-15-19(27-20(22-15)16-7-9-18(26-2)10-8-16)21(25)24-13-11-23(12-14-24)17-5-3-4-6-17/h7-10,17H,3-6,11-14H2,1-2H3. The summed E-state index contributed by atoms with van der Waals surface area (Å²) in [6, 6.07) is 8.58. The minimum Gasteiger partial charge on any atom is -0.497 e. The molecule has 0 radical (unpaired) electrons. The van der Waals surface area contributed by atoms with Gasteiger partial charge in [-0.2, -0.15) is 0 Å². The van der Waals surface area contributed by atoms with Crippen molar-refractivity contribution < 1.29 is 9.53 Å². The van der Waals surface area contributed by atoms with E-state index in [-0.39, 0.29) is 5.91 Å². The molecular weight excluding hydrogens is 358 g/mol. The maximum Gasteiger partial charge on any atom is 0.265 e. The Balaban J connectivity index is 1.43. The normalized spacial score (nSPS) is 18.8. The molecule has 0 atom stereocenters. The van der Waals surface area contributed by atoms with Crippen LogP contribution in [0.15, 0.2) is 24.3 Å². The number of carbonyl (C=O) groups is 1. The van der Waals surface area contributed by atoms with Gasteiger partial charge >= 0.3 is 0 Å². The Labute approximate surface area is 165 Å². The van der Waals surface area contributed by atoms with Gasteiger partial charge in [0, 0.05) is 37.8 Å². The first-order valence-electron chi connectivity index (χ1n) is 9.81. The van der Waals surface area contributed by atoms with E-state index in [4.69, 9.17) is 4.74 Å². The number of rotatable bonds is 4. The van der Waals surface area contributed by atoms with Crippen molar-refractivity contribution in [2.24, 2.45) is 0 Å². The molecule has 2 aromatic rings. The van der Waals surface area contributed by atoms with Crippen LogP contribution < -0.4 is 4.74 Å². The van der Waals surface area contributed by atoms with Crippen LogP contribution in [0.2, 0.25) is 0 Å². The van der Waals surface area contributed by atoms with Gasteiger partial charge in [-0.15, -0.1) is 11.3 Å². The second-order valence-electron chi connectivity index (χ2n) is 7.43. The van der Waals surface area contributed by atoms with Crippen molar-refractivity contribution in [2.75, 3.05) is 33.3 Å². The number of hydrogen-bond acceptors (Lipinski definition) is 5. The fourth-order valence-corrected chi connectivity index (χ4v) is 5.19. The first kappa shape index (κ1) is 18.4. The minimum atomic E-state index is 0.135. The minimum absolute atomic E-state index is 0.135. The van der Waals surface area contributed by atoms with Crippen molar-refractivity contribution in [1.29, 1.82) is 0 Å². The average Bonchev–Trinajstić information content (AvgIpc) is 3.38. The zero-order valence-electron chi connectivity index (χ0n) is 16.1. The molecule has 1 aromatic heterocycles. The molecule has 0 spiro atoms. The van der Waals surface area contributed by atoms with Gasteiger partial charge in [0.25, 0.3) is 5.91 Å². The highest BCUT2D eigenvalue weighted by Gasteiger charge is 2.29. The van der Waals surface area contributed by atoms with E-state index in [1.165, 1.54) is 37.0 Å². The Bertz CT molecular complexity index is 788. The lowest BCUT2D eigenvalue weighted by atomic mass is 10.1. The number of piperazine rings is 1. The molecule has 1 saturated carbocycles. The second-order valence-corrected chi connectivity index (χ2v) is 8.43. The highest BCUT2D eigenvalue weighted by atomic mass is 32.1. The molecule has 0 bridgehead atoms. The number of benzene rings is 1. The van der Waals surface area contributed by atoms with Gasteiger partial charge in [-0.25, -0.2) is 4.98 Å². The number of aromatic nitrogens is 1. The van der Waals surface area contributed by atoms with E-state index in [0.29, 0.717) is 0 Å². The van der Waals surface area contributed by atoms with E-state index in [2.05, 4.69) is 9.88 Å². The van der Waals surface area contributed by atoms with Gasteiger partial charge in [-0.05, 0) is 44.0 Å². The maximum absolute atomic E-state index is 13.1. The Hall–Kier alpha value is -1.92. The summed E-state index contributed by atoms with van der Waals surface area (Å²) in [6.07, 6.45) is 5.37. The molecule has 1 aliphatic carbocycles. The van der Waals surface area contributed by atoms with Crippen molar-refractivity contribution in [1.82, 2.24) is 14.8 Å². The number of carbonyl (C=O) groups excluding carboxylic acids is 1. The Morgan fingerprint density at radius 2 is 1.78 bits per heavy atom. The molecule has 0 unspecified atom stereocenters. The fourth-order valence-electron chi connectivity index (χ4n) is 4.16. The average molecular weight is 386 g/mol. The summed E-state index contributed by atoms with van der Waals surface area (Å²) in [7, 11) is 1.66. The SMILES string of the molecule is COc1ccc(-c2nc(C)c(C(=O)N3CCN(C4CCCC4)CC3)s2)cc1. The summed E-state index contributed by atoms with van der Waals surface area (Å²) in [5.41, 5.74) is 1.85. The van der Waals surface area contributed by atoms with Crippen LogP contribution in [-0.2, 0) is 0 Å². The number of methoxy groups -OCH3 is 1. The van der Waals surface area contributed by atoms with Crippen molar-refractivity contribution in [3.63, 3.8) is 0 Å². The van der Waals surface area contributed by atoms with Gasteiger partial charge in [-0.1, -0.05) is 12.8 Å². The first-order chi connectivity index (χ1) is 13.2. The highest BCUT2D eigenvalue weighted by molar-refractivity contribution is 7.17. The van der Waals surface area contributed by atoms with Gasteiger partial charge < -0.3 is 9.64 Å². The van der Waals surface area contributed by atoms with Crippen LogP contribution in [-0.4, -0.2) is 60.0 Å². The van der Waals surface area contributed by atoms with E-state index in [0.717, 1.165) is 59.1 Å². The Morgan fingerprint density at radius 1 is 1.11 bits per heavy atom. The molecular formula is C21H27N3O2S. The zero-order chi connectivity index (χ0) is 18.8. The number of hydrogen-bond donors (Lipinski definition) is 0. The highest BCUT2D eigenvalue weighted by Crippen LogP contribution is 2.30. The summed E-state index contributed by atoms with van der Waals surface area (Å²) in [4.78, 5) is 23.1. The number of ether oxygens (including phenoxy) is 1. The van der Waals surface area contributed by atoms with Gasteiger partial charge in [-0.3, -0.25) is 9.69 Å². The van der Waals surface area contributed by atoms with Crippen LogP contribution in [0.4, 0.5) is 0 Å². The predicted octanol–water partition coefficient (Wildman–Crippen LogP) is 3.83. The van der Waals surface area contributed by atoms with Crippen LogP contribution in [0.5, 0.6) is 5.75 Å². The number of amides is 1. The molecule has 1 amide bonds. The summed E-state index contributed by atoms with van der Waals surface area (Å²) < 4.78 is 5.22. The third-order valence-corrected chi connectivity index (χ3v) is 6.96.